The molecule has 88 valence electrons. The molecule has 0 spiro atoms. The summed E-state index contributed by atoms with van der Waals surface area (Å²) in [4.78, 5) is 17.5. The van der Waals surface area contributed by atoms with E-state index in [4.69, 9.17) is 0 Å². The summed E-state index contributed by atoms with van der Waals surface area (Å²) in [5.74, 6) is 0.800. The SMILES string of the molecule is CNCc1ncc(-c2cccc([N+](=O)[O-])c2)[nH]1. The predicted molar refractivity (Wildman–Crippen MR) is 63.4 cm³/mol. The first-order chi connectivity index (χ1) is 8.20. The third-order valence-electron chi connectivity index (χ3n) is 2.34. The number of nitrogens with one attached hydrogen (secondary N) is 2. The molecule has 0 aliphatic carbocycles. The number of rotatable bonds is 4. The summed E-state index contributed by atoms with van der Waals surface area (Å²) < 4.78 is 0. The number of aromatic amines is 1. The van der Waals surface area contributed by atoms with Crippen LogP contribution in [0.2, 0.25) is 0 Å². The molecule has 0 saturated carbocycles. The topological polar surface area (TPSA) is 83.8 Å². The first-order valence-electron chi connectivity index (χ1n) is 5.14. The van der Waals surface area contributed by atoms with Gasteiger partial charge in [-0.25, -0.2) is 4.98 Å². The molecule has 6 heteroatoms. The van der Waals surface area contributed by atoms with Gasteiger partial charge in [-0.15, -0.1) is 0 Å². The molecule has 6 nitrogen and oxygen atoms in total. The number of non-ortho nitro benzene ring substituents is 1. The van der Waals surface area contributed by atoms with Crippen molar-refractivity contribution >= 4 is 5.69 Å². The second-order valence-electron chi connectivity index (χ2n) is 3.58. The van der Waals surface area contributed by atoms with E-state index < -0.39 is 4.92 Å². The number of nitro benzene ring substituents is 1. The minimum absolute atomic E-state index is 0.0762. The first kappa shape index (κ1) is 11.3. The smallest absolute Gasteiger partial charge is 0.270 e. The summed E-state index contributed by atoms with van der Waals surface area (Å²) >= 11 is 0. The van der Waals surface area contributed by atoms with Crippen molar-refractivity contribution in [2.24, 2.45) is 0 Å². The minimum Gasteiger partial charge on any atom is -0.341 e. The molecule has 0 amide bonds. The summed E-state index contributed by atoms with van der Waals surface area (Å²) in [5.41, 5.74) is 1.61. The molecule has 0 atom stereocenters. The number of aromatic nitrogens is 2. The number of benzene rings is 1. The Morgan fingerprint density at radius 3 is 3.06 bits per heavy atom. The number of imidazole rings is 1. The zero-order chi connectivity index (χ0) is 12.3. The lowest BCUT2D eigenvalue weighted by molar-refractivity contribution is -0.384. The van der Waals surface area contributed by atoms with E-state index >= 15 is 0 Å². The third-order valence-corrected chi connectivity index (χ3v) is 2.34. The second-order valence-corrected chi connectivity index (χ2v) is 3.58. The lowest BCUT2D eigenvalue weighted by Gasteiger charge is -1.97. The Labute approximate surface area is 97.9 Å². The van der Waals surface area contributed by atoms with Gasteiger partial charge in [0.15, 0.2) is 0 Å². The van der Waals surface area contributed by atoms with Gasteiger partial charge in [0.25, 0.3) is 5.69 Å². The van der Waals surface area contributed by atoms with Gasteiger partial charge in [0, 0.05) is 17.7 Å². The molecular weight excluding hydrogens is 220 g/mol. The van der Waals surface area contributed by atoms with Crippen LogP contribution in [0.4, 0.5) is 5.69 Å². The van der Waals surface area contributed by atoms with Gasteiger partial charge >= 0.3 is 0 Å². The van der Waals surface area contributed by atoms with E-state index in [1.54, 1.807) is 12.3 Å². The average Bonchev–Trinajstić information content (AvgIpc) is 2.78. The minimum atomic E-state index is -0.408. The molecule has 0 radical (unpaired) electrons. The molecule has 0 saturated heterocycles. The van der Waals surface area contributed by atoms with Gasteiger partial charge < -0.3 is 10.3 Å². The van der Waals surface area contributed by atoms with Crippen LogP contribution >= 0.6 is 0 Å². The highest BCUT2D eigenvalue weighted by Crippen LogP contribution is 2.22. The first-order valence-corrected chi connectivity index (χ1v) is 5.14. The maximum Gasteiger partial charge on any atom is 0.270 e. The fourth-order valence-corrected chi connectivity index (χ4v) is 1.55. The van der Waals surface area contributed by atoms with Crippen LogP contribution in [0.25, 0.3) is 11.3 Å². The number of hydrogen-bond acceptors (Lipinski definition) is 4. The van der Waals surface area contributed by atoms with Crippen molar-refractivity contribution < 1.29 is 4.92 Å². The molecule has 2 N–H and O–H groups in total. The van der Waals surface area contributed by atoms with E-state index in [2.05, 4.69) is 15.3 Å². The van der Waals surface area contributed by atoms with Crippen molar-refractivity contribution in [2.45, 2.75) is 6.54 Å². The Balaban J connectivity index is 2.32. The highest BCUT2D eigenvalue weighted by Gasteiger charge is 2.08. The van der Waals surface area contributed by atoms with Crippen LogP contribution in [0.15, 0.2) is 30.5 Å². The van der Waals surface area contributed by atoms with Crippen LogP contribution in [0.5, 0.6) is 0 Å². The van der Waals surface area contributed by atoms with E-state index in [1.807, 2.05) is 13.1 Å². The molecule has 0 fully saturated rings. The molecular formula is C11H12N4O2. The molecule has 2 rings (SSSR count). The lowest BCUT2D eigenvalue weighted by atomic mass is 10.1. The molecule has 0 unspecified atom stereocenters. The highest BCUT2D eigenvalue weighted by molar-refractivity contribution is 5.61. The van der Waals surface area contributed by atoms with Crippen LogP contribution < -0.4 is 5.32 Å². The molecule has 0 bridgehead atoms. The van der Waals surface area contributed by atoms with Gasteiger partial charge in [-0.3, -0.25) is 10.1 Å². The van der Waals surface area contributed by atoms with Crippen molar-refractivity contribution in [2.75, 3.05) is 7.05 Å². The van der Waals surface area contributed by atoms with Crippen LogP contribution in [0.3, 0.4) is 0 Å². The third kappa shape index (κ3) is 2.48. The lowest BCUT2D eigenvalue weighted by Crippen LogP contribution is -2.06. The summed E-state index contributed by atoms with van der Waals surface area (Å²) in [5, 5.41) is 13.6. The molecule has 2 aromatic rings. The van der Waals surface area contributed by atoms with Crippen LogP contribution in [0.1, 0.15) is 5.82 Å². The highest BCUT2D eigenvalue weighted by atomic mass is 16.6. The molecule has 1 aromatic heterocycles. The maximum absolute atomic E-state index is 10.7. The van der Waals surface area contributed by atoms with Crippen molar-refractivity contribution in [3.8, 4) is 11.3 Å². The van der Waals surface area contributed by atoms with Gasteiger partial charge in [0.05, 0.1) is 23.4 Å². The van der Waals surface area contributed by atoms with Gasteiger partial charge in [-0.2, -0.15) is 0 Å². The van der Waals surface area contributed by atoms with Gasteiger partial charge in [-0.05, 0) is 7.05 Å². The van der Waals surface area contributed by atoms with Gasteiger partial charge in [0.1, 0.15) is 5.82 Å². The summed E-state index contributed by atoms with van der Waals surface area (Å²) in [7, 11) is 1.83. The normalized spacial score (nSPS) is 10.4. The van der Waals surface area contributed by atoms with E-state index in [1.165, 1.54) is 12.1 Å². The number of nitrogens with zero attached hydrogens (tertiary/aromatic N) is 2. The summed E-state index contributed by atoms with van der Waals surface area (Å²) in [6.45, 7) is 0.634. The van der Waals surface area contributed by atoms with Crippen molar-refractivity contribution in [1.82, 2.24) is 15.3 Å². The molecule has 0 aliphatic rings. The van der Waals surface area contributed by atoms with Crippen molar-refractivity contribution in [3.63, 3.8) is 0 Å². The van der Waals surface area contributed by atoms with Crippen molar-refractivity contribution in [1.29, 1.82) is 0 Å². The fraction of sp³-hybridized carbons (Fsp3) is 0.182. The maximum atomic E-state index is 10.7. The Bertz CT molecular complexity index is 536. The number of nitro groups is 1. The van der Waals surface area contributed by atoms with E-state index in [0.717, 1.165) is 17.1 Å². The van der Waals surface area contributed by atoms with E-state index in [9.17, 15) is 10.1 Å². The van der Waals surface area contributed by atoms with E-state index in [-0.39, 0.29) is 5.69 Å². The fourth-order valence-electron chi connectivity index (χ4n) is 1.55. The number of H-pyrrole nitrogens is 1. The summed E-state index contributed by atoms with van der Waals surface area (Å²) in [6, 6.07) is 6.46. The zero-order valence-electron chi connectivity index (χ0n) is 9.30. The van der Waals surface area contributed by atoms with Crippen LogP contribution in [-0.4, -0.2) is 21.9 Å². The standard InChI is InChI=1S/C11H12N4O2/c1-12-7-11-13-6-10(14-11)8-3-2-4-9(5-8)15(16)17/h2-6,12H,7H2,1H3,(H,13,14). The average molecular weight is 232 g/mol. The van der Waals surface area contributed by atoms with Crippen molar-refractivity contribution in [3.05, 3.63) is 46.4 Å². The molecule has 1 heterocycles. The predicted octanol–water partition coefficient (Wildman–Crippen LogP) is 1.70. The molecule has 1 aromatic carbocycles. The largest absolute Gasteiger partial charge is 0.341 e. The Kier molecular flexibility index (Phi) is 3.15. The zero-order valence-corrected chi connectivity index (χ0v) is 9.30. The second kappa shape index (κ2) is 4.75. The van der Waals surface area contributed by atoms with Gasteiger partial charge in [-0.1, -0.05) is 12.1 Å². The monoisotopic (exact) mass is 232 g/mol. The Morgan fingerprint density at radius 1 is 1.53 bits per heavy atom. The Morgan fingerprint density at radius 2 is 2.35 bits per heavy atom. The van der Waals surface area contributed by atoms with Crippen LogP contribution in [-0.2, 0) is 6.54 Å². The molecule has 0 aliphatic heterocycles. The van der Waals surface area contributed by atoms with Crippen LogP contribution in [0, 0.1) is 10.1 Å². The van der Waals surface area contributed by atoms with Gasteiger partial charge in [0.2, 0.25) is 0 Å². The Hall–Kier alpha value is -2.21. The summed E-state index contributed by atoms with van der Waals surface area (Å²) in [6.07, 6.45) is 1.67. The number of hydrogen-bond donors (Lipinski definition) is 2. The quantitative estimate of drug-likeness (QED) is 0.620. The van der Waals surface area contributed by atoms with E-state index in [0.29, 0.717) is 6.54 Å². The molecule has 17 heavy (non-hydrogen) atoms.